The van der Waals surface area contributed by atoms with Crippen LogP contribution in [0.5, 0.6) is 5.88 Å². The number of nitrogens with two attached hydrogens (primary N) is 1. The summed E-state index contributed by atoms with van der Waals surface area (Å²) >= 11 is 6.73. The van der Waals surface area contributed by atoms with Crippen LogP contribution in [0.2, 0.25) is 0 Å². The molecule has 2 rings (SSSR count). The number of halogens is 2. The zero-order valence-electron chi connectivity index (χ0n) is 8.12. The zero-order valence-corrected chi connectivity index (χ0v) is 11.3. The molecule has 0 bridgehead atoms. The molecule has 15 heavy (non-hydrogen) atoms. The number of nitrogens with zero attached hydrogens (tertiary/aromatic N) is 1. The Morgan fingerprint density at radius 1 is 1.53 bits per heavy atom. The maximum absolute atomic E-state index is 5.93. The van der Waals surface area contributed by atoms with Gasteiger partial charge in [0.05, 0.1) is 4.47 Å². The number of pyridine rings is 1. The van der Waals surface area contributed by atoms with Crippen LogP contribution >= 0.6 is 31.9 Å². The molecular formula is C10H12Br2N2O. The molecule has 1 aliphatic carbocycles. The highest BCUT2D eigenvalue weighted by Gasteiger charge is 2.28. The standard InChI is InChI=1S/C10H12Br2N2O/c11-7-3-8(12)10(14-4-7)15-5-9(13)6-1-2-6/h3-4,6,9H,1-2,5,13H2/t9-/m1/s1. The van der Waals surface area contributed by atoms with Crippen molar-refractivity contribution >= 4 is 31.9 Å². The molecule has 0 aromatic carbocycles. The fourth-order valence-electron chi connectivity index (χ4n) is 1.34. The topological polar surface area (TPSA) is 48.1 Å². The monoisotopic (exact) mass is 334 g/mol. The highest BCUT2D eigenvalue weighted by Crippen LogP contribution is 2.32. The Bertz CT molecular complexity index is 355. The molecule has 1 atom stereocenters. The largest absolute Gasteiger partial charge is 0.475 e. The zero-order chi connectivity index (χ0) is 10.8. The minimum absolute atomic E-state index is 0.141. The summed E-state index contributed by atoms with van der Waals surface area (Å²) < 4.78 is 7.32. The van der Waals surface area contributed by atoms with Crippen molar-refractivity contribution in [1.82, 2.24) is 4.98 Å². The molecule has 0 radical (unpaired) electrons. The Balaban J connectivity index is 1.92. The molecule has 1 aromatic rings. The smallest absolute Gasteiger partial charge is 0.228 e. The summed E-state index contributed by atoms with van der Waals surface area (Å²) in [5.41, 5.74) is 5.93. The van der Waals surface area contributed by atoms with E-state index in [0.717, 1.165) is 8.95 Å². The van der Waals surface area contributed by atoms with E-state index in [-0.39, 0.29) is 6.04 Å². The first-order chi connectivity index (χ1) is 7.16. The van der Waals surface area contributed by atoms with Gasteiger partial charge in [0.25, 0.3) is 0 Å². The average Bonchev–Trinajstić information content (AvgIpc) is 2.99. The SMILES string of the molecule is N[C@H](COc1ncc(Br)cc1Br)C1CC1. The van der Waals surface area contributed by atoms with Gasteiger partial charge in [0.2, 0.25) is 5.88 Å². The predicted molar refractivity (Wildman–Crippen MR) is 65.8 cm³/mol. The average molecular weight is 336 g/mol. The van der Waals surface area contributed by atoms with Crippen molar-refractivity contribution in [3.8, 4) is 5.88 Å². The molecule has 1 fully saturated rings. The fraction of sp³-hybridized carbons (Fsp3) is 0.500. The molecule has 0 unspecified atom stereocenters. The first-order valence-corrected chi connectivity index (χ1v) is 6.45. The van der Waals surface area contributed by atoms with Crippen LogP contribution in [0.25, 0.3) is 0 Å². The van der Waals surface area contributed by atoms with Crippen molar-refractivity contribution in [3.63, 3.8) is 0 Å². The summed E-state index contributed by atoms with van der Waals surface area (Å²) in [6, 6.07) is 2.05. The molecule has 1 aliphatic rings. The van der Waals surface area contributed by atoms with Crippen molar-refractivity contribution in [2.75, 3.05) is 6.61 Å². The van der Waals surface area contributed by atoms with Crippen LogP contribution in [-0.2, 0) is 0 Å². The van der Waals surface area contributed by atoms with E-state index in [1.54, 1.807) is 6.20 Å². The van der Waals surface area contributed by atoms with E-state index >= 15 is 0 Å². The molecular weight excluding hydrogens is 324 g/mol. The molecule has 5 heteroatoms. The molecule has 0 saturated heterocycles. The van der Waals surface area contributed by atoms with Gasteiger partial charge in [-0.2, -0.15) is 0 Å². The maximum Gasteiger partial charge on any atom is 0.228 e. The minimum Gasteiger partial charge on any atom is -0.475 e. The van der Waals surface area contributed by atoms with Gasteiger partial charge < -0.3 is 10.5 Å². The van der Waals surface area contributed by atoms with E-state index in [0.29, 0.717) is 18.4 Å². The normalized spacial score (nSPS) is 17.5. The van der Waals surface area contributed by atoms with E-state index in [9.17, 15) is 0 Å². The number of rotatable bonds is 4. The maximum atomic E-state index is 5.93. The number of aromatic nitrogens is 1. The van der Waals surface area contributed by atoms with Crippen LogP contribution in [0.1, 0.15) is 12.8 Å². The van der Waals surface area contributed by atoms with Gasteiger partial charge in [0.15, 0.2) is 0 Å². The fourth-order valence-corrected chi connectivity index (χ4v) is 2.45. The third-order valence-electron chi connectivity index (χ3n) is 2.41. The van der Waals surface area contributed by atoms with Crippen molar-refractivity contribution in [2.45, 2.75) is 18.9 Å². The van der Waals surface area contributed by atoms with Crippen LogP contribution in [0.4, 0.5) is 0 Å². The van der Waals surface area contributed by atoms with E-state index in [1.165, 1.54) is 12.8 Å². The highest BCUT2D eigenvalue weighted by atomic mass is 79.9. The molecule has 1 heterocycles. The lowest BCUT2D eigenvalue weighted by Crippen LogP contribution is -2.30. The lowest BCUT2D eigenvalue weighted by molar-refractivity contribution is 0.265. The van der Waals surface area contributed by atoms with Gasteiger partial charge >= 0.3 is 0 Å². The van der Waals surface area contributed by atoms with Crippen molar-refractivity contribution in [1.29, 1.82) is 0 Å². The van der Waals surface area contributed by atoms with Crippen molar-refractivity contribution in [2.24, 2.45) is 11.7 Å². The summed E-state index contributed by atoms with van der Waals surface area (Å²) in [6.07, 6.45) is 4.18. The Labute approximate surface area is 106 Å². The number of hydrogen-bond donors (Lipinski definition) is 1. The molecule has 0 amide bonds. The summed E-state index contributed by atoms with van der Waals surface area (Å²) in [4.78, 5) is 4.16. The van der Waals surface area contributed by atoms with E-state index in [1.807, 2.05) is 6.07 Å². The Kier molecular flexibility index (Phi) is 3.64. The Hall–Kier alpha value is -0.130. The predicted octanol–water partition coefficient (Wildman–Crippen LogP) is 2.72. The van der Waals surface area contributed by atoms with E-state index in [2.05, 4.69) is 36.8 Å². The van der Waals surface area contributed by atoms with Crippen LogP contribution < -0.4 is 10.5 Å². The van der Waals surface area contributed by atoms with Crippen LogP contribution in [0.3, 0.4) is 0 Å². The molecule has 0 aliphatic heterocycles. The lowest BCUT2D eigenvalue weighted by atomic mass is 10.2. The van der Waals surface area contributed by atoms with Crippen LogP contribution in [0.15, 0.2) is 21.2 Å². The van der Waals surface area contributed by atoms with Gasteiger partial charge in [-0.1, -0.05) is 0 Å². The van der Waals surface area contributed by atoms with Gasteiger partial charge in [-0.15, -0.1) is 0 Å². The summed E-state index contributed by atoms with van der Waals surface area (Å²) in [7, 11) is 0. The second kappa shape index (κ2) is 4.80. The molecule has 82 valence electrons. The summed E-state index contributed by atoms with van der Waals surface area (Å²) in [5.74, 6) is 1.26. The molecule has 1 saturated carbocycles. The molecule has 3 nitrogen and oxygen atoms in total. The highest BCUT2D eigenvalue weighted by molar-refractivity contribution is 9.11. The van der Waals surface area contributed by atoms with Gasteiger partial charge in [-0.25, -0.2) is 4.98 Å². The van der Waals surface area contributed by atoms with Crippen LogP contribution in [0, 0.1) is 5.92 Å². The summed E-state index contributed by atoms with van der Waals surface area (Å²) in [6.45, 7) is 0.540. The van der Waals surface area contributed by atoms with E-state index in [4.69, 9.17) is 10.5 Å². The third kappa shape index (κ3) is 3.16. The first kappa shape index (κ1) is 11.4. The third-order valence-corrected chi connectivity index (χ3v) is 3.42. The quantitative estimate of drug-likeness (QED) is 0.920. The Morgan fingerprint density at radius 2 is 2.27 bits per heavy atom. The number of ether oxygens (including phenoxy) is 1. The Morgan fingerprint density at radius 3 is 2.87 bits per heavy atom. The minimum atomic E-state index is 0.141. The second-order valence-corrected chi connectivity index (χ2v) is 5.52. The van der Waals surface area contributed by atoms with Gasteiger partial charge in [-0.05, 0) is 56.7 Å². The van der Waals surface area contributed by atoms with Gasteiger partial charge in [0.1, 0.15) is 6.61 Å². The van der Waals surface area contributed by atoms with Crippen molar-refractivity contribution in [3.05, 3.63) is 21.2 Å². The first-order valence-electron chi connectivity index (χ1n) is 4.86. The molecule has 1 aromatic heterocycles. The van der Waals surface area contributed by atoms with E-state index < -0.39 is 0 Å². The molecule has 2 N–H and O–H groups in total. The van der Waals surface area contributed by atoms with Gasteiger partial charge in [0, 0.05) is 16.7 Å². The number of hydrogen-bond acceptors (Lipinski definition) is 3. The second-order valence-electron chi connectivity index (χ2n) is 3.75. The van der Waals surface area contributed by atoms with Crippen LogP contribution in [-0.4, -0.2) is 17.6 Å². The van der Waals surface area contributed by atoms with Gasteiger partial charge in [-0.3, -0.25) is 0 Å². The molecule has 0 spiro atoms. The summed E-state index contributed by atoms with van der Waals surface area (Å²) in [5, 5.41) is 0. The lowest BCUT2D eigenvalue weighted by Gasteiger charge is -2.12. The van der Waals surface area contributed by atoms with Crippen molar-refractivity contribution < 1.29 is 4.74 Å².